The Morgan fingerprint density at radius 2 is 2.05 bits per heavy atom. The molecule has 1 aliphatic carbocycles. The zero-order valence-electron chi connectivity index (χ0n) is 14.7. The van der Waals surface area contributed by atoms with Gasteiger partial charge in [0.25, 0.3) is 8.32 Å². The van der Waals surface area contributed by atoms with E-state index in [4.69, 9.17) is 20.9 Å². The summed E-state index contributed by atoms with van der Waals surface area (Å²) in [6.45, 7) is 13.2. The van der Waals surface area contributed by atoms with Crippen LogP contribution >= 0.6 is 11.6 Å². The van der Waals surface area contributed by atoms with Crippen molar-refractivity contribution < 1.29 is 14.1 Å². The fraction of sp³-hybridized carbons (Fsp3) is 0.875. The van der Waals surface area contributed by atoms with E-state index in [0.717, 1.165) is 25.0 Å². The van der Waals surface area contributed by atoms with Crippen molar-refractivity contribution in [2.45, 2.75) is 76.9 Å². The number of carbonyl (C=O) groups is 1. The maximum absolute atomic E-state index is 11.4. The maximum Gasteiger partial charge on any atom is 0.305 e. The minimum Gasteiger partial charge on any atom is -0.466 e. The second-order valence-corrected chi connectivity index (χ2v) is 12.8. The van der Waals surface area contributed by atoms with E-state index in [1.807, 2.05) is 6.92 Å². The van der Waals surface area contributed by atoms with Gasteiger partial charge in [-0.1, -0.05) is 20.8 Å². The van der Waals surface area contributed by atoms with Crippen LogP contribution < -0.4 is 0 Å². The van der Waals surface area contributed by atoms with E-state index in [1.165, 1.54) is 0 Å². The van der Waals surface area contributed by atoms with Crippen molar-refractivity contribution >= 4 is 31.6 Å². The quantitative estimate of drug-likeness (QED) is 0.302. The summed E-state index contributed by atoms with van der Waals surface area (Å²) in [7, 11) is -1.89. The zero-order valence-corrected chi connectivity index (χ0v) is 16.5. The van der Waals surface area contributed by atoms with Gasteiger partial charge in [-0.25, -0.2) is 0 Å². The summed E-state index contributed by atoms with van der Waals surface area (Å²) in [6.07, 6.45) is 2.95. The molecule has 22 heavy (non-hydrogen) atoms. The van der Waals surface area contributed by atoms with Crippen LogP contribution in [0, 0.1) is 5.92 Å². The fourth-order valence-electron chi connectivity index (χ4n) is 2.11. The van der Waals surface area contributed by atoms with Crippen LogP contribution in [-0.2, 0) is 14.1 Å². The van der Waals surface area contributed by atoms with Gasteiger partial charge >= 0.3 is 5.97 Å². The smallest absolute Gasteiger partial charge is 0.305 e. The number of hydrogen-bond acceptors (Lipinski definition) is 4. The fourth-order valence-corrected chi connectivity index (χ4v) is 3.12. The molecule has 0 heterocycles. The Kier molecular flexibility index (Phi) is 6.93. The van der Waals surface area contributed by atoms with Crippen LogP contribution in [-0.4, -0.2) is 32.0 Å². The highest BCUT2D eigenvalue weighted by Crippen LogP contribution is 2.37. The first-order chi connectivity index (χ1) is 10.1. The second kappa shape index (κ2) is 7.82. The predicted molar refractivity (Wildman–Crippen MR) is 93.9 cm³/mol. The first-order valence-corrected chi connectivity index (χ1v) is 11.5. The molecule has 1 aliphatic rings. The Morgan fingerprint density at radius 3 is 2.59 bits per heavy atom. The van der Waals surface area contributed by atoms with Crippen molar-refractivity contribution in [2.75, 3.05) is 6.61 Å². The lowest BCUT2D eigenvalue weighted by molar-refractivity contribution is -0.143. The standard InChI is InChI=1S/C16H30ClNO3Si/c1-7-20-15(19)9-8-12-10-13(17)14(11-12)18-21-22(5,6)16(2,3)4/h12-13H,7-11H2,1-6H3. The number of rotatable bonds is 6. The molecule has 128 valence electrons. The van der Waals surface area contributed by atoms with E-state index in [2.05, 4.69) is 39.0 Å². The van der Waals surface area contributed by atoms with E-state index in [0.29, 0.717) is 18.9 Å². The van der Waals surface area contributed by atoms with Crippen molar-refractivity contribution in [1.82, 2.24) is 0 Å². The molecular weight excluding hydrogens is 318 g/mol. The average Bonchev–Trinajstić information content (AvgIpc) is 2.74. The molecule has 0 radical (unpaired) electrons. The third-order valence-corrected chi connectivity index (χ3v) is 9.25. The van der Waals surface area contributed by atoms with Gasteiger partial charge in [-0.05, 0) is 50.2 Å². The summed E-state index contributed by atoms with van der Waals surface area (Å²) in [6, 6.07) is 0. The van der Waals surface area contributed by atoms with Crippen LogP contribution in [0.25, 0.3) is 0 Å². The molecular formula is C16H30ClNO3Si. The van der Waals surface area contributed by atoms with E-state index < -0.39 is 8.32 Å². The molecule has 0 spiro atoms. The van der Waals surface area contributed by atoms with Gasteiger partial charge in [-0.15, -0.1) is 16.8 Å². The topological polar surface area (TPSA) is 47.9 Å². The lowest BCUT2D eigenvalue weighted by atomic mass is 10.0. The van der Waals surface area contributed by atoms with E-state index in [9.17, 15) is 4.79 Å². The molecule has 4 nitrogen and oxygen atoms in total. The SMILES string of the molecule is CCOC(=O)CCC1CC(=NO[Si](C)(C)C(C)(C)C)C(Cl)C1. The third-order valence-electron chi connectivity index (χ3n) is 4.66. The van der Waals surface area contributed by atoms with Gasteiger partial charge in [0.05, 0.1) is 17.7 Å². The Labute approximate surface area is 140 Å². The molecule has 1 rings (SSSR count). The lowest BCUT2D eigenvalue weighted by Crippen LogP contribution is -2.39. The van der Waals surface area contributed by atoms with E-state index in [1.54, 1.807) is 0 Å². The van der Waals surface area contributed by atoms with Gasteiger partial charge in [-0.2, -0.15) is 0 Å². The van der Waals surface area contributed by atoms with Gasteiger partial charge in [0, 0.05) is 6.42 Å². The van der Waals surface area contributed by atoms with Crippen LogP contribution in [0.15, 0.2) is 5.16 Å². The minimum absolute atomic E-state index is 0.0723. The molecule has 0 aromatic carbocycles. The number of nitrogens with zero attached hydrogens (tertiary/aromatic N) is 1. The molecule has 1 fully saturated rings. The molecule has 2 atom stereocenters. The summed E-state index contributed by atoms with van der Waals surface area (Å²) in [5.74, 6) is 0.269. The van der Waals surface area contributed by atoms with E-state index in [-0.39, 0.29) is 16.4 Å². The van der Waals surface area contributed by atoms with Gasteiger partial charge in [-0.3, -0.25) is 4.79 Å². The summed E-state index contributed by atoms with van der Waals surface area (Å²) in [5, 5.41) is 4.44. The highest BCUT2D eigenvalue weighted by atomic mass is 35.5. The number of alkyl halides is 1. The van der Waals surface area contributed by atoms with Crippen LogP contribution in [0.3, 0.4) is 0 Å². The minimum atomic E-state index is -1.89. The van der Waals surface area contributed by atoms with Crippen LogP contribution in [0.1, 0.15) is 53.4 Å². The van der Waals surface area contributed by atoms with E-state index >= 15 is 0 Å². The van der Waals surface area contributed by atoms with Gasteiger partial charge < -0.3 is 9.26 Å². The van der Waals surface area contributed by atoms with Crippen LogP contribution in [0.5, 0.6) is 0 Å². The molecule has 0 amide bonds. The van der Waals surface area contributed by atoms with Crippen molar-refractivity contribution in [3.8, 4) is 0 Å². The largest absolute Gasteiger partial charge is 0.466 e. The predicted octanol–water partition coefficient (Wildman–Crippen LogP) is 4.72. The van der Waals surface area contributed by atoms with Crippen LogP contribution in [0.4, 0.5) is 0 Å². The Morgan fingerprint density at radius 1 is 1.41 bits per heavy atom. The normalized spacial score (nSPS) is 24.6. The summed E-state index contributed by atoms with van der Waals surface area (Å²) >= 11 is 6.38. The Hall–Kier alpha value is -0.553. The Bertz CT molecular complexity index is 418. The molecule has 0 N–H and O–H groups in total. The van der Waals surface area contributed by atoms with Crippen LogP contribution in [0.2, 0.25) is 18.1 Å². The number of ether oxygens (including phenoxy) is 1. The second-order valence-electron chi connectivity index (χ2n) is 7.55. The average molecular weight is 348 g/mol. The summed E-state index contributed by atoms with van der Waals surface area (Å²) in [5.41, 5.74) is 0.931. The molecule has 6 heteroatoms. The summed E-state index contributed by atoms with van der Waals surface area (Å²) in [4.78, 5) is 11.4. The molecule has 0 aliphatic heterocycles. The number of carbonyl (C=O) groups excluding carboxylic acids is 1. The van der Waals surface area contributed by atoms with Gasteiger partial charge in [0.2, 0.25) is 0 Å². The maximum atomic E-state index is 11.4. The number of hydrogen-bond donors (Lipinski definition) is 0. The molecule has 1 saturated carbocycles. The number of halogens is 1. The number of oxime groups is 1. The Balaban J connectivity index is 2.53. The molecule has 0 aromatic heterocycles. The highest BCUT2D eigenvalue weighted by Gasteiger charge is 2.40. The molecule has 0 aromatic rings. The first-order valence-electron chi connectivity index (χ1n) is 8.11. The zero-order chi connectivity index (χ0) is 17.0. The van der Waals surface area contributed by atoms with Gasteiger partial charge in [0.1, 0.15) is 0 Å². The summed E-state index contributed by atoms with van der Waals surface area (Å²) < 4.78 is 10.9. The van der Waals surface area contributed by atoms with Crippen molar-refractivity contribution in [3.05, 3.63) is 0 Å². The van der Waals surface area contributed by atoms with Crippen molar-refractivity contribution in [2.24, 2.45) is 11.1 Å². The third kappa shape index (κ3) is 5.58. The highest BCUT2D eigenvalue weighted by molar-refractivity contribution is 6.74. The van der Waals surface area contributed by atoms with Gasteiger partial charge in [0.15, 0.2) is 0 Å². The molecule has 0 bridgehead atoms. The molecule has 0 saturated heterocycles. The molecule has 2 unspecified atom stereocenters. The van der Waals surface area contributed by atoms with Crippen molar-refractivity contribution in [3.63, 3.8) is 0 Å². The monoisotopic (exact) mass is 347 g/mol. The van der Waals surface area contributed by atoms with Crippen molar-refractivity contribution in [1.29, 1.82) is 0 Å². The lowest BCUT2D eigenvalue weighted by Gasteiger charge is -2.33. The first kappa shape index (κ1) is 19.5. The number of esters is 1.